The summed E-state index contributed by atoms with van der Waals surface area (Å²) >= 11 is 1.20. The molecule has 1 atom stereocenters. The molecule has 0 radical (unpaired) electrons. The number of hydrogen-bond acceptors (Lipinski definition) is 5. The lowest BCUT2D eigenvalue weighted by molar-refractivity contribution is -0.157. The van der Waals surface area contributed by atoms with Gasteiger partial charge in [0.05, 0.1) is 7.11 Å². The van der Waals surface area contributed by atoms with Gasteiger partial charge in [0, 0.05) is 16.3 Å². The van der Waals surface area contributed by atoms with Gasteiger partial charge < -0.3 is 20.7 Å². The third kappa shape index (κ3) is 3.35. The van der Waals surface area contributed by atoms with Crippen LogP contribution in [0.1, 0.15) is 5.56 Å². The van der Waals surface area contributed by atoms with E-state index < -0.39 is 11.6 Å². The molecule has 6 heteroatoms. The van der Waals surface area contributed by atoms with E-state index in [0.717, 1.165) is 4.90 Å². The number of nitrogens with two attached hydrogens (primary N) is 1. The lowest BCUT2D eigenvalue weighted by atomic mass is 9.96. The molecule has 0 bridgehead atoms. The highest BCUT2D eigenvalue weighted by atomic mass is 32.2. The van der Waals surface area contributed by atoms with E-state index in [4.69, 9.17) is 10.5 Å². The molecule has 116 valence electrons. The monoisotopic (exact) mass is 319 g/mol. The van der Waals surface area contributed by atoms with Crippen molar-refractivity contribution in [1.29, 1.82) is 0 Å². The van der Waals surface area contributed by atoms with Crippen LogP contribution >= 0.6 is 11.8 Å². The molecule has 2 rings (SSSR count). The Morgan fingerprint density at radius 3 is 2.41 bits per heavy atom. The van der Waals surface area contributed by atoms with Gasteiger partial charge in [-0.2, -0.15) is 0 Å². The fourth-order valence-electron chi connectivity index (χ4n) is 1.93. The normalized spacial score (nSPS) is 13.4. The Morgan fingerprint density at radius 2 is 1.86 bits per heavy atom. The number of thioether (sulfide) groups is 1. The van der Waals surface area contributed by atoms with Crippen LogP contribution in [0.2, 0.25) is 0 Å². The summed E-state index contributed by atoms with van der Waals surface area (Å²) in [6.07, 6.45) is 0. The van der Waals surface area contributed by atoms with Crippen LogP contribution in [0.5, 0.6) is 5.75 Å². The topological polar surface area (TPSA) is 92.8 Å². The zero-order valence-corrected chi connectivity index (χ0v) is 12.8. The Balaban J connectivity index is 2.24. The first-order valence-corrected chi connectivity index (χ1v) is 7.53. The van der Waals surface area contributed by atoms with E-state index in [-0.39, 0.29) is 5.75 Å². The van der Waals surface area contributed by atoms with E-state index >= 15 is 0 Å². The zero-order chi connectivity index (χ0) is 16.2. The Labute approximate surface area is 132 Å². The van der Waals surface area contributed by atoms with Gasteiger partial charge in [-0.25, -0.2) is 4.79 Å². The van der Waals surface area contributed by atoms with Gasteiger partial charge in [-0.1, -0.05) is 24.3 Å². The molecule has 0 amide bonds. The zero-order valence-electron chi connectivity index (χ0n) is 12.0. The number of rotatable bonds is 6. The molecule has 0 spiro atoms. The Hall–Kier alpha value is -2.18. The number of benzene rings is 2. The van der Waals surface area contributed by atoms with Gasteiger partial charge in [0.25, 0.3) is 0 Å². The molecule has 1 unspecified atom stereocenters. The van der Waals surface area contributed by atoms with Crippen LogP contribution in [-0.2, 0) is 10.4 Å². The van der Waals surface area contributed by atoms with Gasteiger partial charge in [0.15, 0.2) is 5.60 Å². The molecule has 2 aromatic carbocycles. The SMILES string of the molecule is COc1ccc(C(O)(CSc2ccccc2N)C(=O)O)cc1. The highest BCUT2D eigenvalue weighted by molar-refractivity contribution is 7.99. The Kier molecular flexibility index (Phi) is 4.95. The summed E-state index contributed by atoms with van der Waals surface area (Å²) in [4.78, 5) is 12.3. The number of carboxylic acid groups (broad SMARTS) is 1. The molecule has 0 saturated carbocycles. The van der Waals surface area contributed by atoms with E-state index in [1.165, 1.54) is 18.9 Å². The average Bonchev–Trinajstić information content (AvgIpc) is 2.53. The van der Waals surface area contributed by atoms with Gasteiger partial charge in [0.1, 0.15) is 5.75 Å². The predicted octanol–water partition coefficient (Wildman–Crippen LogP) is 2.34. The van der Waals surface area contributed by atoms with E-state index in [1.54, 1.807) is 42.5 Å². The summed E-state index contributed by atoms with van der Waals surface area (Å²) in [7, 11) is 1.52. The molecule has 5 nitrogen and oxygen atoms in total. The highest BCUT2D eigenvalue weighted by Crippen LogP contribution is 2.33. The van der Waals surface area contributed by atoms with E-state index in [0.29, 0.717) is 17.0 Å². The average molecular weight is 319 g/mol. The molecule has 0 aromatic heterocycles. The fraction of sp³-hybridized carbons (Fsp3) is 0.188. The summed E-state index contributed by atoms with van der Waals surface area (Å²) in [5.41, 5.74) is 4.68. The quantitative estimate of drug-likeness (QED) is 0.559. The second-order valence-electron chi connectivity index (χ2n) is 4.72. The predicted molar refractivity (Wildman–Crippen MR) is 86.1 cm³/mol. The molecule has 0 aliphatic rings. The minimum Gasteiger partial charge on any atom is -0.497 e. The maximum Gasteiger partial charge on any atom is 0.341 e. The van der Waals surface area contributed by atoms with Crippen LogP contribution < -0.4 is 10.5 Å². The first-order chi connectivity index (χ1) is 10.5. The van der Waals surface area contributed by atoms with Crippen molar-refractivity contribution in [2.24, 2.45) is 0 Å². The van der Waals surface area contributed by atoms with Crippen LogP contribution in [0.4, 0.5) is 5.69 Å². The Bertz CT molecular complexity index is 659. The second-order valence-corrected chi connectivity index (χ2v) is 5.74. The van der Waals surface area contributed by atoms with E-state index in [1.807, 2.05) is 6.07 Å². The maximum atomic E-state index is 11.6. The summed E-state index contributed by atoms with van der Waals surface area (Å²) < 4.78 is 5.04. The van der Waals surface area contributed by atoms with Gasteiger partial charge in [-0.05, 0) is 29.8 Å². The van der Waals surface area contributed by atoms with Crippen molar-refractivity contribution in [3.8, 4) is 5.75 Å². The number of carbonyl (C=O) groups is 1. The van der Waals surface area contributed by atoms with Crippen molar-refractivity contribution in [3.05, 3.63) is 54.1 Å². The lowest BCUT2D eigenvalue weighted by Crippen LogP contribution is -2.38. The van der Waals surface area contributed by atoms with Gasteiger partial charge in [-0.15, -0.1) is 11.8 Å². The van der Waals surface area contributed by atoms with Crippen molar-refractivity contribution < 1.29 is 19.7 Å². The molecule has 4 N–H and O–H groups in total. The first kappa shape index (κ1) is 16.2. The molecule has 22 heavy (non-hydrogen) atoms. The number of para-hydroxylation sites is 1. The molecule has 0 aliphatic heterocycles. The number of ether oxygens (including phenoxy) is 1. The number of nitrogen functional groups attached to an aromatic ring is 1. The third-order valence-corrected chi connectivity index (χ3v) is 4.52. The minimum absolute atomic E-state index is 0.0527. The smallest absolute Gasteiger partial charge is 0.341 e. The standard InChI is InChI=1S/C16H17NO4S/c1-21-12-8-6-11(7-9-12)16(20,15(18)19)10-22-14-5-3-2-4-13(14)17/h2-9,20H,10,17H2,1H3,(H,18,19). The van der Waals surface area contributed by atoms with Crippen molar-refractivity contribution in [3.63, 3.8) is 0 Å². The van der Waals surface area contributed by atoms with Crippen LogP contribution in [0.15, 0.2) is 53.4 Å². The third-order valence-electron chi connectivity index (χ3n) is 3.28. The van der Waals surface area contributed by atoms with E-state index in [2.05, 4.69) is 0 Å². The van der Waals surface area contributed by atoms with Crippen LogP contribution in [-0.4, -0.2) is 29.0 Å². The highest BCUT2D eigenvalue weighted by Gasteiger charge is 2.38. The number of aliphatic carboxylic acids is 1. The van der Waals surface area contributed by atoms with Crippen molar-refractivity contribution in [2.75, 3.05) is 18.6 Å². The molecular formula is C16H17NO4S. The second kappa shape index (κ2) is 6.72. The fourth-order valence-corrected chi connectivity index (χ4v) is 2.99. The number of carboxylic acids is 1. The van der Waals surface area contributed by atoms with Gasteiger partial charge >= 0.3 is 5.97 Å². The van der Waals surface area contributed by atoms with E-state index in [9.17, 15) is 15.0 Å². The summed E-state index contributed by atoms with van der Waals surface area (Å²) in [6.45, 7) is 0. The van der Waals surface area contributed by atoms with Crippen molar-refractivity contribution >= 4 is 23.4 Å². The van der Waals surface area contributed by atoms with Crippen LogP contribution in [0.25, 0.3) is 0 Å². The molecule has 0 aliphatic carbocycles. The number of aliphatic hydroxyl groups is 1. The number of hydrogen-bond donors (Lipinski definition) is 3. The maximum absolute atomic E-state index is 11.6. The van der Waals surface area contributed by atoms with Crippen molar-refractivity contribution in [2.45, 2.75) is 10.5 Å². The van der Waals surface area contributed by atoms with Crippen LogP contribution in [0.3, 0.4) is 0 Å². The molecule has 2 aromatic rings. The van der Waals surface area contributed by atoms with Crippen LogP contribution in [0, 0.1) is 0 Å². The minimum atomic E-state index is -2.00. The molecule has 0 fully saturated rings. The number of anilines is 1. The molecular weight excluding hydrogens is 302 g/mol. The lowest BCUT2D eigenvalue weighted by Gasteiger charge is -2.24. The molecule has 0 saturated heterocycles. The summed E-state index contributed by atoms with van der Waals surface area (Å²) in [5.74, 6) is -0.765. The first-order valence-electron chi connectivity index (χ1n) is 6.55. The molecule has 0 heterocycles. The van der Waals surface area contributed by atoms with Gasteiger partial charge in [-0.3, -0.25) is 0 Å². The summed E-state index contributed by atoms with van der Waals surface area (Å²) in [6, 6.07) is 13.4. The summed E-state index contributed by atoms with van der Waals surface area (Å²) in [5, 5.41) is 20.0. The van der Waals surface area contributed by atoms with Gasteiger partial charge in [0.2, 0.25) is 0 Å². The Morgan fingerprint density at radius 1 is 1.23 bits per heavy atom. The number of methoxy groups -OCH3 is 1. The largest absolute Gasteiger partial charge is 0.497 e. The van der Waals surface area contributed by atoms with Crippen molar-refractivity contribution in [1.82, 2.24) is 0 Å².